The lowest BCUT2D eigenvalue weighted by Crippen LogP contribution is -2.45. The van der Waals surface area contributed by atoms with Crippen molar-refractivity contribution in [1.29, 1.82) is 0 Å². The molecule has 0 bridgehead atoms. The predicted molar refractivity (Wildman–Crippen MR) is 99.2 cm³/mol. The van der Waals surface area contributed by atoms with E-state index in [1.54, 1.807) is 0 Å². The SMILES string of the molecule is CCCC1(CO)CCCN(c2ccc(CN3CCCCC3)cn2)C1. The third-order valence-corrected chi connectivity index (χ3v) is 5.77. The van der Waals surface area contributed by atoms with E-state index in [9.17, 15) is 5.11 Å². The monoisotopic (exact) mass is 331 g/mol. The Hall–Kier alpha value is -1.13. The van der Waals surface area contributed by atoms with E-state index in [4.69, 9.17) is 4.98 Å². The zero-order valence-electron chi connectivity index (χ0n) is 15.2. The van der Waals surface area contributed by atoms with Gasteiger partial charge in [-0.15, -0.1) is 0 Å². The molecule has 24 heavy (non-hydrogen) atoms. The van der Waals surface area contributed by atoms with Gasteiger partial charge in [-0.25, -0.2) is 4.98 Å². The molecule has 4 heteroatoms. The zero-order chi connectivity index (χ0) is 16.8. The highest BCUT2D eigenvalue weighted by Gasteiger charge is 2.34. The fourth-order valence-electron chi connectivity index (χ4n) is 4.42. The van der Waals surface area contributed by atoms with Gasteiger partial charge in [0.15, 0.2) is 0 Å². The van der Waals surface area contributed by atoms with E-state index in [-0.39, 0.29) is 5.41 Å². The van der Waals surface area contributed by atoms with Crippen molar-refractivity contribution in [3.8, 4) is 0 Å². The first-order valence-electron chi connectivity index (χ1n) is 9.78. The third-order valence-electron chi connectivity index (χ3n) is 5.77. The molecule has 4 nitrogen and oxygen atoms in total. The minimum absolute atomic E-state index is 0.0706. The van der Waals surface area contributed by atoms with Crippen molar-refractivity contribution in [3.05, 3.63) is 23.9 Å². The summed E-state index contributed by atoms with van der Waals surface area (Å²) in [5.74, 6) is 1.08. The van der Waals surface area contributed by atoms with Crippen molar-refractivity contribution in [2.75, 3.05) is 37.7 Å². The number of aromatic nitrogens is 1. The molecule has 2 aliphatic rings. The van der Waals surface area contributed by atoms with E-state index in [0.29, 0.717) is 6.61 Å². The van der Waals surface area contributed by atoms with Gasteiger partial charge >= 0.3 is 0 Å². The number of pyridine rings is 1. The van der Waals surface area contributed by atoms with Gasteiger partial charge in [-0.1, -0.05) is 25.8 Å². The normalized spacial score (nSPS) is 25.8. The van der Waals surface area contributed by atoms with Gasteiger partial charge in [-0.05, 0) is 56.8 Å². The van der Waals surface area contributed by atoms with Gasteiger partial charge in [0.2, 0.25) is 0 Å². The second kappa shape index (κ2) is 8.30. The Morgan fingerprint density at radius 3 is 2.62 bits per heavy atom. The molecule has 2 saturated heterocycles. The molecule has 1 unspecified atom stereocenters. The summed E-state index contributed by atoms with van der Waals surface area (Å²) in [5, 5.41) is 9.91. The Balaban J connectivity index is 1.62. The molecule has 3 heterocycles. The molecule has 134 valence electrons. The summed E-state index contributed by atoms with van der Waals surface area (Å²) in [7, 11) is 0. The number of nitrogens with zero attached hydrogens (tertiary/aromatic N) is 3. The van der Waals surface area contributed by atoms with Gasteiger partial charge in [-0.3, -0.25) is 4.90 Å². The number of aliphatic hydroxyl groups is 1. The number of rotatable bonds is 6. The summed E-state index contributed by atoms with van der Waals surface area (Å²) >= 11 is 0. The molecule has 2 aliphatic heterocycles. The molecular formula is C20H33N3O. The molecule has 0 spiro atoms. The lowest BCUT2D eigenvalue weighted by molar-refractivity contribution is 0.0952. The summed E-state index contributed by atoms with van der Waals surface area (Å²) in [6, 6.07) is 4.42. The Bertz CT molecular complexity index is 494. The fraction of sp³-hybridized carbons (Fsp3) is 0.750. The Morgan fingerprint density at radius 1 is 1.12 bits per heavy atom. The van der Waals surface area contributed by atoms with Crippen LogP contribution in [0.1, 0.15) is 57.4 Å². The molecule has 1 aromatic heterocycles. The third kappa shape index (κ3) is 4.28. The van der Waals surface area contributed by atoms with Gasteiger partial charge in [0.25, 0.3) is 0 Å². The van der Waals surface area contributed by atoms with Crippen LogP contribution in [0.15, 0.2) is 18.3 Å². The van der Waals surface area contributed by atoms with Crippen LogP contribution in [0.5, 0.6) is 0 Å². The van der Waals surface area contributed by atoms with Crippen LogP contribution in [0.25, 0.3) is 0 Å². The maximum Gasteiger partial charge on any atom is 0.128 e. The first-order valence-corrected chi connectivity index (χ1v) is 9.78. The van der Waals surface area contributed by atoms with Crippen LogP contribution in [0.4, 0.5) is 5.82 Å². The van der Waals surface area contributed by atoms with Crippen molar-refractivity contribution < 1.29 is 5.11 Å². The van der Waals surface area contributed by atoms with Gasteiger partial charge in [0.05, 0.1) is 6.61 Å². The Morgan fingerprint density at radius 2 is 1.96 bits per heavy atom. The summed E-state index contributed by atoms with van der Waals surface area (Å²) in [6.45, 7) is 7.99. The summed E-state index contributed by atoms with van der Waals surface area (Å²) in [6.07, 6.45) is 10.6. The van der Waals surface area contributed by atoms with Crippen molar-refractivity contribution in [1.82, 2.24) is 9.88 Å². The summed E-state index contributed by atoms with van der Waals surface area (Å²) in [4.78, 5) is 9.66. The van der Waals surface area contributed by atoms with Crippen molar-refractivity contribution >= 4 is 5.82 Å². The molecule has 0 aliphatic carbocycles. The second-order valence-electron chi connectivity index (χ2n) is 7.79. The van der Waals surface area contributed by atoms with Crippen LogP contribution in [0.3, 0.4) is 0 Å². The van der Waals surface area contributed by atoms with Crippen LogP contribution in [0, 0.1) is 5.41 Å². The lowest BCUT2D eigenvalue weighted by Gasteiger charge is -2.42. The minimum Gasteiger partial charge on any atom is -0.396 e. The quantitative estimate of drug-likeness (QED) is 0.867. The Labute approximate surface area is 146 Å². The number of hydrogen-bond acceptors (Lipinski definition) is 4. The molecule has 0 saturated carbocycles. The number of anilines is 1. The molecule has 1 atom stereocenters. The van der Waals surface area contributed by atoms with E-state index < -0.39 is 0 Å². The van der Waals surface area contributed by atoms with Gasteiger partial charge in [0, 0.05) is 31.2 Å². The molecule has 0 radical (unpaired) electrons. The van der Waals surface area contributed by atoms with Gasteiger partial charge in [-0.2, -0.15) is 0 Å². The number of piperidine rings is 2. The Kier molecular flexibility index (Phi) is 6.12. The molecule has 0 aromatic carbocycles. The largest absolute Gasteiger partial charge is 0.396 e. The van der Waals surface area contributed by atoms with Gasteiger partial charge < -0.3 is 10.0 Å². The average Bonchev–Trinajstić information content (AvgIpc) is 2.64. The first-order chi connectivity index (χ1) is 11.7. The van der Waals surface area contributed by atoms with Crippen molar-refractivity contribution in [2.45, 2.75) is 58.4 Å². The van der Waals surface area contributed by atoms with E-state index in [0.717, 1.165) is 51.1 Å². The zero-order valence-corrected chi connectivity index (χ0v) is 15.2. The molecule has 1 N–H and O–H groups in total. The molecular weight excluding hydrogens is 298 g/mol. The van der Waals surface area contributed by atoms with Crippen LogP contribution in [-0.4, -0.2) is 47.8 Å². The van der Waals surface area contributed by atoms with Crippen LogP contribution >= 0.6 is 0 Å². The molecule has 1 aromatic rings. The highest BCUT2D eigenvalue weighted by Crippen LogP contribution is 2.35. The number of aliphatic hydroxyl groups excluding tert-OH is 1. The fourth-order valence-corrected chi connectivity index (χ4v) is 4.42. The smallest absolute Gasteiger partial charge is 0.128 e. The number of hydrogen-bond donors (Lipinski definition) is 1. The predicted octanol–water partition coefficient (Wildman–Crippen LogP) is 3.45. The molecule has 0 amide bonds. The van der Waals surface area contributed by atoms with E-state index in [2.05, 4.69) is 35.1 Å². The highest BCUT2D eigenvalue weighted by atomic mass is 16.3. The van der Waals surface area contributed by atoms with Crippen LogP contribution in [-0.2, 0) is 6.54 Å². The average molecular weight is 332 g/mol. The topological polar surface area (TPSA) is 39.6 Å². The second-order valence-corrected chi connectivity index (χ2v) is 7.79. The van der Waals surface area contributed by atoms with E-state index >= 15 is 0 Å². The standard InChI is InChI=1S/C20H33N3O/c1-2-9-20(17-24)10-6-13-23(16-20)19-8-7-18(14-21-19)15-22-11-4-3-5-12-22/h7-8,14,24H,2-6,9-13,15-17H2,1H3. The summed E-state index contributed by atoms with van der Waals surface area (Å²) in [5.41, 5.74) is 1.39. The summed E-state index contributed by atoms with van der Waals surface area (Å²) < 4.78 is 0. The lowest BCUT2D eigenvalue weighted by atomic mass is 9.77. The van der Waals surface area contributed by atoms with E-state index in [1.165, 1.54) is 37.9 Å². The van der Waals surface area contributed by atoms with Gasteiger partial charge in [0.1, 0.15) is 5.82 Å². The molecule has 2 fully saturated rings. The van der Waals surface area contributed by atoms with Crippen LogP contribution < -0.4 is 4.90 Å². The van der Waals surface area contributed by atoms with E-state index in [1.807, 2.05) is 0 Å². The van der Waals surface area contributed by atoms with Crippen molar-refractivity contribution in [3.63, 3.8) is 0 Å². The van der Waals surface area contributed by atoms with Crippen molar-refractivity contribution in [2.24, 2.45) is 5.41 Å². The number of likely N-dealkylation sites (tertiary alicyclic amines) is 1. The highest BCUT2D eigenvalue weighted by molar-refractivity contribution is 5.40. The minimum atomic E-state index is 0.0706. The first kappa shape index (κ1) is 17.7. The maximum absolute atomic E-state index is 9.91. The molecule has 3 rings (SSSR count). The maximum atomic E-state index is 9.91. The van der Waals surface area contributed by atoms with Crippen LogP contribution in [0.2, 0.25) is 0 Å².